The number of rotatable bonds is 3. The van der Waals surface area contributed by atoms with Gasteiger partial charge in [-0.15, -0.1) is 0 Å². The van der Waals surface area contributed by atoms with Crippen molar-refractivity contribution in [1.82, 2.24) is 4.98 Å². The summed E-state index contributed by atoms with van der Waals surface area (Å²) >= 11 is 3.36. The average molecular weight is 256 g/mol. The minimum atomic E-state index is -0.738. The predicted octanol–water partition coefficient (Wildman–Crippen LogP) is 2.35. The molecule has 1 aliphatic rings. The Morgan fingerprint density at radius 1 is 1.64 bits per heavy atom. The molecule has 0 aromatic carbocycles. The molecule has 2 rings (SSSR count). The molecular weight excluding hydrogens is 246 g/mol. The van der Waals surface area contributed by atoms with Crippen molar-refractivity contribution in [2.24, 2.45) is 0 Å². The van der Waals surface area contributed by atoms with E-state index in [1.165, 1.54) is 0 Å². The Kier molecular flexibility index (Phi) is 2.31. The van der Waals surface area contributed by atoms with Gasteiger partial charge in [0.25, 0.3) is 0 Å². The molecule has 0 atom stereocenters. The van der Waals surface area contributed by atoms with E-state index in [-0.39, 0.29) is 11.8 Å². The number of carboxylic acid groups (broad SMARTS) is 1. The van der Waals surface area contributed by atoms with Crippen LogP contribution in [0, 0.1) is 0 Å². The fourth-order valence-corrected chi connectivity index (χ4v) is 2.43. The number of carbonyl (C=O) groups is 1. The van der Waals surface area contributed by atoms with E-state index in [0.717, 1.165) is 23.0 Å². The lowest BCUT2D eigenvalue weighted by Crippen LogP contribution is -2.13. The first-order chi connectivity index (χ1) is 6.64. The maximum Gasteiger partial charge on any atom is 0.304 e. The topological polar surface area (TPSA) is 50.2 Å². The van der Waals surface area contributed by atoms with Crippen LogP contribution < -0.4 is 0 Å². The van der Waals surface area contributed by atoms with Gasteiger partial charge in [0.05, 0.1) is 6.42 Å². The van der Waals surface area contributed by atoms with Crippen LogP contribution in [0.2, 0.25) is 0 Å². The smallest absolute Gasteiger partial charge is 0.304 e. The van der Waals surface area contributed by atoms with Crippen LogP contribution in [0.5, 0.6) is 0 Å². The Labute approximate surface area is 90.3 Å². The van der Waals surface area contributed by atoms with Gasteiger partial charge in [-0.1, -0.05) is 6.07 Å². The van der Waals surface area contributed by atoms with Crippen LogP contribution in [0.3, 0.4) is 0 Å². The van der Waals surface area contributed by atoms with E-state index in [9.17, 15) is 4.79 Å². The lowest BCUT2D eigenvalue weighted by Gasteiger charge is -2.13. The van der Waals surface area contributed by atoms with Gasteiger partial charge in [-0.05, 0) is 40.4 Å². The lowest BCUT2D eigenvalue weighted by molar-refractivity contribution is -0.137. The van der Waals surface area contributed by atoms with E-state index >= 15 is 0 Å². The molecule has 0 aliphatic heterocycles. The maximum atomic E-state index is 10.7. The molecular formula is C10H10BrNO2. The van der Waals surface area contributed by atoms with Crippen molar-refractivity contribution < 1.29 is 9.90 Å². The summed E-state index contributed by atoms with van der Waals surface area (Å²) in [4.78, 5) is 14.8. The Morgan fingerprint density at radius 3 is 2.86 bits per heavy atom. The number of aliphatic carboxylic acids is 1. The summed E-state index contributed by atoms with van der Waals surface area (Å²) < 4.78 is 0.777. The van der Waals surface area contributed by atoms with E-state index in [2.05, 4.69) is 20.9 Å². The molecule has 1 aromatic rings. The Hall–Kier alpha value is -0.900. The van der Waals surface area contributed by atoms with Crippen molar-refractivity contribution >= 4 is 21.9 Å². The van der Waals surface area contributed by atoms with E-state index in [4.69, 9.17) is 5.11 Å². The minimum Gasteiger partial charge on any atom is -0.481 e. The maximum absolute atomic E-state index is 10.7. The van der Waals surface area contributed by atoms with Crippen LogP contribution in [-0.2, 0) is 10.2 Å². The number of nitrogens with zero attached hydrogens (tertiary/aromatic N) is 1. The second kappa shape index (κ2) is 3.35. The van der Waals surface area contributed by atoms with Crippen molar-refractivity contribution in [3.8, 4) is 0 Å². The molecule has 74 valence electrons. The monoisotopic (exact) mass is 255 g/mol. The predicted molar refractivity (Wildman–Crippen MR) is 55.1 cm³/mol. The highest BCUT2D eigenvalue weighted by Gasteiger charge is 2.47. The molecule has 1 aliphatic carbocycles. The highest BCUT2D eigenvalue weighted by atomic mass is 79.9. The normalized spacial score (nSPS) is 17.8. The summed E-state index contributed by atoms with van der Waals surface area (Å²) in [5.74, 6) is -0.738. The summed E-state index contributed by atoms with van der Waals surface area (Å²) in [7, 11) is 0. The summed E-state index contributed by atoms with van der Waals surface area (Å²) in [6, 6.07) is 3.80. The molecule has 0 unspecified atom stereocenters. The highest BCUT2D eigenvalue weighted by Crippen LogP contribution is 2.52. The van der Waals surface area contributed by atoms with Crippen LogP contribution in [-0.4, -0.2) is 16.1 Å². The van der Waals surface area contributed by atoms with Gasteiger partial charge < -0.3 is 5.11 Å². The number of halogens is 1. The van der Waals surface area contributed by atoms with E-state index in [1.54, 1.807) is 6.20 Å². The second-order valence-corrected chi connectivity index (χ2v) is 4.44. The number of pyridine rings is 1. The van der Waals surface area contributed by atoms with Crippen LogP contribution >= 0.6 is 15.9 Å². The summed E-state index contributed by atoms with van der Waals surface area (Å²) in [6.07, 6.45) is 3.80. The van der Waals surface area contributed by atoms with Gasteiger partial charge in [-0.25, -0.2) is 4.98 Å². The molecule has 4 heteroatoms. The van der Waals surface area contributed by atoms with Crippen molar-refractivity contribution in [1.29, 1.82) is 0 Å². The third-order valence-electron chi connectivity index (χ3n) is 2.67. The van der Waals surface area contributed by atoms with Gasteiger partial charge in [-0.2, -0.15) is 0 Å². The van der Waals surface area contributed by atoms with E-state index in [0.29, 0.717) is 0 Å². The minimum absolute atomic E-state index is 0.154. The molecule has 1 aromatic heterocycles. The van der Waals surface area contributed by atoms with Crippen LogP contribution in [0.1, 0.15) is 24.8 Å². The third kappa shape index (κ3) is 1.66. The first kappa shape index (κ1) is 9.65. The van der Waals surface area contributed by atoms with Crippen molar-refractivity contribution in [2.45, 2.75) is 24.7 Å². The van der Waals surface area contributed by atoms with Crippen LogP contribution in [0.25, 0.3) is 0 Å². The highest BCUT2D eigenvalue weighted by molar-refractivity contribution is 9.10. The fraction of sp³-hybridized carbons (Fsp3) is 0.400. The number of hydrogen-bond acceptors (Lipinski definition) is 2. The van der Waals surface area contributed by atoms with Gasteiger partial charge in [0.15, 0.2) is 0 Å². The molecule has 14 heavy (non-hydrogen) atoms. The van der Waals surface area contributed by atoms with Crippen LogP contribution in [0.15, 0.2) is 22.9 Å². The molecule has 1 N–H and O–H groups in total. The van der Waals surface area contributed by atoms with Crippen molar-refractivity contribution in [2.75, 3.05) is 0 Å². The number of aromatic nitrogens is 1. The molecule has 1 heterocycles. The first-order valence-corrected chi connectivity index (χ1v) is 5.26. The summed E-state index contributed by atoms with van der Waals surface area (Å²) in [6.45, 7) is 0. The number of carboxylic acids is 1. The van der Waals surface area contributed by atoms with Gasteiger partial charge in [-0.3, -0.25) is 4.79 Å². The Morgan fingerprint density at radius 2 is 2.36 bits per heavy atom. The molecule has 0 amide bonds. The molecule has 0 saturated heterocycles. The molecule has 1 saturated carbocycles. The zero-order chi connectivity index (χ0) is 10.2. The van der Waals surface area contributed by atoms with Gasteiger partial charge >= 0.3 is 5.97 Å². The van der Waals surface area contributed by atoms with Crippen molar-refractivity contribution in [3.63, 3.8) is 0 Å². The summed E-state index contributed by atoms with van der Waals surface area (Å²) in [5, 5.41) is 8.81. The zero-order valence-corrected chi connectivity index (χ0v) is 9.12. The average Bonchev–Trinajstić information content (AvgIpc) is 2.85. The Balaban J connectivity index is 2.31. The van der Waals surface area contributed by atoms with Gasteiger partial charge in [0.1, 0.15) is 4.60 Å². The Bertz CT molecular complexity index is 374. The van der Waals surface area contributed by atoms with E-state index in [1.807, 2.05) is 12.1 Å². The van der Waals surface area contributed by atoms with Gasteiger partial charge in [0.2, 0.25) is 0 Å². The standard InChI is InChI=1S/C10H10BrNO2/c11-9-7(2-1-5-12-9)10(3-4-10)6-8(13)14/h1-2,5H,3-4,6H2,(H,13,14). The third-order valence-corrected chi connectivity index (χ3v) is 3.31. The second-order valence-electron chi connectivity index (χ2n) is 3.69. The van der Waals surface area contributed by atoms with Crippen LogP contribution in [0.4, 0.5) is 0 Å². The molecule has 0 bridgehead atoms. The SMILES string of the molecule is O=C(O)CC1(c2cccnc2Br)CC1. The molecule has 1 fully saturated rings. The van der Waals surface area contributed by atoms with E-state index < -0.39 is 5.97 Å². The number of hydrogen-bond donors (Lipinski definition) is 1. The zero-order valence-electron chi connectivity index (χ0n) is 7.53. The quantitative estimate of drug-likeness (QED) is 0.844. The summed E-state index contributed by atoms with van der Waals surface area (Å²) in [5.41, 5.74) is 0.876. The molecule has 0 spiro atoms. The lowest BCUT2D eigenvalue weighted by atomic mass is 9.94. The van der Waals surface area contributed by atoms with Crippen molar-refractivity contribution in [3.05, 3.63) is 28.5 Å². The van der Waals surface area contributed by atoms with Gasteiger partial charge in [0, 0.05) is 11.6 Å². The fourth-order valence-electron chi connectivity index (χ4n) is 1.76. The largest absolute Gasteiger partial charge is 0.481 e. The first-order valence-electron chi connectivity index (χ1n) is 4.47. The molecule has 0 radical (unpaired) electrons. The molecule has 3 nitrogen and oxygen atoms in total.